The number of nitrogens with zero attached hydrogens (tertiary/aromatic N) is 3. The Morgan fingerprint density at radius 2 is 2.17 bits per heavy atom. The average molecular weight is 438 g/mol. The van der Waals surface area contributed by atoms with E-state index in [1.165, 1.54) is 0 Å². The van der Waals surface area contributed by atoms with Gasteiger partial charge in [0.05, 0.1) is 6.61 Å². The number of hydrogen-bond donors (Lipinski definition) is 1. The molecule has 1 rings (SSSR count). The van der Waals surface area contributed by atoms with Crippen LogP contribution in [0, 0.1) is 5.92 Å². The van der Waals surface area contributed by atoms with Crippen LogP contribution in [0.3, 0.4) is 0 Å². The molecule has 0 aromatic rings. The molecule has 23 heavy (non-hydrogen) atoms. The van der Waals surface area contributed by atoms with Crippen molar-refractivity contribution in [3.05, 3.63) is 12.7 Å². The fraction of sp³-hybridized carbons (Fsp3) is 0.750. The van der Waals surface area contributed by atoms with E-state index in [1.807, 2.05) is 13.1 Å². The van der Waals surface area contributed by atoms with Gasteiger partial charge in [0.2, 0.25) is 5.91 Å². The number of carbonyl (C=O) groups is 1. The summed E-state index contributed by atoms with van der Waals surface area (Å²) < 4.78 is 5.39. The number of carbonyl (C=O) groups excluding carboxylic acids is 1. The predicted octanol–water partition coefficient (Wildman–Crippen LogP) is 1.57. The number of guanidine groups is 1. The van der Waals surface area contributed by atoms with Gasteiger partial charge in [-0.1, -0.05) is 6.08 Å². The number of rotatable bonds is 8. The number of ether oxygens (including phenoxy) is 1. The SMILES string of the molecule is C=CCCCN(C)C(=NCC(=O)N(C)C)NCC1CCOC1.I. The number of halogens is 1. The lowest BCUT2D eigenvalue weighted by Crippen LogP contribution is -2.42. The van der Waals surface area contributed by atoms with E-state index in [2.05, 4.69) is 21.8 Å². The molecular formula is C16H31IN4O2. The minimum absolute atomic E-state index is 0. The van der Waals surface area contributed by atoms with E-state index in [-0.39, 0.29) is 36.4 Å². The number of unbranched alkanes of at least 4 members (excludes halogenated alkanes) is 1. The summed E-state index contributed by atoms with van der Waals surface area (Å²) in [7, 11) is 5.49. The summed E-state index contributed by atoms with van der Waals surface area (Å²) in [4.78, 5) is 19.8. The van der Waals surface area contributed by atoms with Gasteiger partial charge in [-0.3, -0.25) is 4.79 Å². The largest absolute Gasteiger partial charge is 0.381 e. The monoisotopic (exact) mass is 438 g/mol. The molecule has 7 heteroatoms. The van der Waals surface area contributed by atoms with Gasteiger partial charge in [-0.2, -0.15) is 0 Å². The van der Waals surface area contributed by atoms with Crippen LogP contribution in [-0.2, 0) is 9.53 Å². The molecule has 6 nitrogen and oxygen atoms in total. The lowest BCUT2D eigenvalue weighted by molar-refractivity contribution is -0.127. The molecule has 0 radical (unpaired) electrons. The number of nitrogens with one attached hydrogen (secondary N) is 1. The molecule has 1 aliphatic rings. The van der Waals surface area contributed by atoms with Crippen LogP contribution in [0.1, 0.15) is 19.3 Å². The number of allylic oxidation sites excluding steroid dienone is 1. The van der Waals surface area contributed by atoms with E-state index in [4.69, 9.17) is 4.74 Å². The molecule has 1 saturated heterocycles. The molecule has 0 aliphatic carbocycles. The molecule has 0 saturated carbocycles. The van der Waals surface area contributed by atoms with Crippen LogP contribution < -0.4 is 5.32 Å². The lowest BCUT2D eigenvalue weighted by Gasteiger charge is -2.23. The number of likely N-dealkylation sites (N-methyl/N-ethyl adjacent to an activating group) is 1. The fourth-order valence-corrected chi connectivity index (χ4v) is 2.15. The first kappa shape index (κ1) is 22.2. The van der Waals surface area contributed by atoms with Gasteiger partial charge < -0.3 is 19.9 Å². The van der Waals surface area contributed by atoms with Crippen LogP contribution in [0.25, 0.3) is 0 Å². The second kappa shape index (κ2) is 12.6. The lowest BCUT2D eigenvalue weighted by atomic mass is 10.1. The van der Waals surface area contributed by atoms with E-state index in [0.717, 1.165) is 51.5 Å². The van der Waals surface area contributed by atoms with E-state index in [9.17, 15) is 4.79 Å². The van der Waals surface area contributed by atoms with Gasteiger partial charge in [-0.05, 0) is 19.3 Å². The minimum Gasteiger partial charge on any atom is -0.381 e. The number of hydrogen-bond acceptors (Lipinski definition) is 3. The van der Waals surface area contributed by atoms with Crippen molar-refractivity contribution in [2.24, 2.45) is 10.9 Å². The third-order valence-electron chi connectivity index (χ3n) is 3.70. The molecule has 1 N–H and O–H groups in total. The van der Waals surface area contributed by atoms with Crippen molar-refractivity contribution in [1.82, 2.24) is 15.1 Å². The molecule has 1 atom stereocenters. The maximum absolute atomic E-state index is 11.7. The van der Waals surface area contributed by atoms with Crippen molar-refractivity contribution in [3.8, 4) is 0 Å². The average Bonchev–Trinajstić information content (AvgIpc) is 3.00. The molecule has 1 amide bonds. The maximum atomic E-state index is 11.7. The topological polar surface area (TPSA) is 57.2 Å². The van der Waals surface area contributed by atoms with E-state index in [1.54, 1.807) is 19.0 Å². The molecule has 1 unspecified atom stereocenters. The molecule has 0 spiro atoms. The zero-order valence-electron chi connectivity index (χ0n) is 14.6. The normalized spacial score (nSPS) is 17.3. The Labute approximate surface area is 157 Å². The highest BCUT2D eigenvalue weighted by atomic mass is 127. The van der Waals surface area contributed by atoms with Crippen molar-refractivity contribution in [3.63, 3.8) is 0 Å². The Morgan fingerprint density at radius 3 is 2.74 bits per heavy atom. The molecule has 134 valence electrons. The molecule has 1 heterocycles. The number of amides is 1. The van der Waals surface area contributed by atoms with Crippen LogP contribution in [0.15, 0.2) is 17.6 Å². The molecule has 0 bridgehead atoms. The first-order chi connectivity index (χ1) is 10.5. The third kappa shape index (κ3) is 9.14. The van der Waals surface area contributed by atoms with Gasteiger partial charge in [-0.25, -0.2) is 4.99 Å². The van der Waals surface area contributed by atoms with E-state index < -0.39 is 0 Å². The third-order valence-corrected chi connectivity index (χ3v) is 3.70. The Kier molecular flexibility index (Phi) is 12.1. The number of aliphatic imine (C=N–C) groups is 1. The first-order valence-corrected chi connectivity index (χ1v) is 7.92. The standard InChI is InChI=1S/C16H30N4O2.HI/c1-5-6-7-9-20(4)16(18-12-15(21)19(2)3)17-11-14-8-10-22-13-14;/h5,14H,1,6-13H2,2-4H3,(H,17,18);1H. The quantitative estimate of drug-likeness (QED) is 0.206. The van der Waals surface area contributed by atoms with Gasteiger partial charge in [0.1, 0.15) is 6.54 Å². The van der Waals surface area contributed by atoms with Crippen LogP contribution in [0.2, 0.25) is 0 Å². The van der Waals surface area contributed by atoms with Crippen molar-refractivity contribution >= 4 is 35.8 Å². The molecular weight excluding hydrogens is 407 g/mol. The van der Waals surface area contributed by atoms with Gasteiger partial charge in [-0.15, -0.1) is 30.6 Å². The summed E-state index contributed by atoms with van der Waals surface area (Å²) in [6.07, 6.45) is 5.00. The van der Waals surface area contributed by atoms with Gasteiger partial charge in [0.15, 0.2) is 5.96 Å². The highest BCUT2D eigenvalue weighted by Gasteiger charge is 2.17. The first-order valence-electron chi connectivity index (χ1n) is 7.92. The summed E-state index contributed by atoms with van der Waals surface area (Å²) in [6.45, 7) is 7.27. The molecule has 0 aromatic heterocycles. The maximum Gasteiger partial charge on any atom is 0.243 e. The highest BCUT2D eigenvalue weighted by molar-refractivity contribution is 14.0. The van der Waals surface area contributed by atoms with Crippen LogP contribution in [0.4, 0.5) is 0 Å². The summed E-state index contributed by atoms with van der Waals surface area (Å²) in [6, 6.07) is 0. The van der Waals surface area contributed by atoms with Crippen LogP contribution >= 0.6 is 24.0 Å². The van der Waals surface area contributed by atoms with Crippen LogP contribution in [-0.4, -0.2) is 75.7 Å². The summed E-state index contributed by atoms with van der Waals surface area (Å²) >= 11 is 0. The predicted molar refractivity (Wildman–Crippen MR) is 105 cm³/mol. The Morgan fingerprint density at radius 1 is 1.43 bits per heavy atom. The smallest absolute Gasteiger partial charge is 0.243 e. The van der Waals surface area contributed by atoms with Gasteiger partial charge in [0, 0.05) is 46.8 Å². The van der Waals surface area contributed by atoms with Crippen molar-refractivity contribution in [1.29, 1.82) is 0 Å². The summed E-state index contributed by atoms with van der Waals surface area (Å²) in [5, 5.41) is 3.38. The van der Waals surface area contributed by atoms with E-state index in [0.29, 0.717) is 5.92 Å². The molecule has 1 fully saturated rings. The van der Waals surface area contributed by atoms with Gasteiger partial charge in [0.25, 0.3) is 0 Å². The Hall–Kier alpha value is -0.830. The highest BCUT2D eigenvalue weighted by Crippen LogP contribution is 2.10. The van der Waals surface area contributed by atoms with Crippen molar-refractivity contribution in [2.45, 2.75) is 19.3 Å². The second-order valence-electron chi connectivity index (χ2n) is 5.89. The zero-order chi connectivity index (χ0) is 16.4. The summed E-state index contributed by atoms with van der Waals surface area (Å²) in [5.74, 6) is 1.31. The van der Waals surface area contributed by atoms with Crippen LogP contribution in [0.5, 0.6) is 0 Å². The van der Waals surface area contributed by atoms with Crippen molar-refractivity contribution in [2.75, 3.05) is 54.0 Å². The van der Waals surface area contributed by atoms with Crippen molar-refractivity contribution < 1.29 is 9.53 Å². The fourth-order valence-electron chi connectivity index (χ4n) is 2.15. The molecule has 0 aromatic carbocycles. The Bertz CT molecular complexity index is 382. The molecule has 1 aliphatic heterocycles. The summed E-state index contributed by atoms with van der Waals surface area (Å²) in [5.41, 5.74) is 0. The minimum atomic E-state index is 0. The second-order valence-corrected chi connectivity index (χ2v) is 5.89. The van der Waals surface area contributed by atoms with Gasteiger partial charge >= 0.3 is 0 Å². The zero-order valence-corrected chi connectivity index (χ0v) is 16.9. The van der Waals surface area contributed by atoms with E-state index >= 15 is 0 Å². The Balaban J connectivity index is 0.00000484.